The van der Waals surface area contributed by atoms with E-state index in [9.17, 15) is 9.59 Å². The van der Waals surface area contributed by atoms with E-state index < -0.39 is 0 Å². The van der Waals surface area contributed by atoms with Crippen molar-refractivity contribution in [2.75, 3.05) is 13.1 Å². The number of likely N-dealkylation sites (tertiary alicyclic amines) is 1. The van der Waals surface area contributed by atoms with Crippen molar-refractivity contribution in [3.8, 4) is 0 Å². The number of thiophene rings is 1. The molecule has 0 aliphatic carbocycles. The molecule has 0 spiro atoms. The maximum absolute atomic E-state index is 12.6. The average molecular weight is 375 g/mol. The van der Waals surface area contributed by atoms with Crippen LogP contribution in [0, 0.1) is 19.8 Å². The summed E-state index contributed by atoms with van der Waals surface area (Å²) in [4.78, 5) is 27.6. The molecule has 3 heterocycles. The highest BCUT2D eigenvalue weighted by molar-refractivity contribution is 7.12. The summed E-state index contributed by atoms with van der Waals surface area (Å²) >= 11 is 1.42. The van der Waals surface area contributed by atoms with Gasteiger partial charge in [0, 0.05) is 25.3 Å². The van der Waals surface area contributed by atoms with Crippen LogP contribution >= 0.6 is 11.3 Å². The van der Waals surface area contributed by atoms with Crippen molar-refractivity contribution >= 4 is 23.2 Å². The third-order valence-electron chi connectivity index (χ3n) is 4.76. The van der Waals surface area contributed by atoms with Gasteiger partial charge in [0.2, 0.25) is 5.91 Å². The molecule has 1 fully saturated rings. The molecule has 1 saturated heterocycles. The monoisotopic (exact) mass is 374 g/mol. The Bertz CT molecular complexity index is 769. The Morgan fingerprint density at radius 1 is 1.42 bits per heavy atom. The zero-order valence-electron chi connectivity index (χ0n) is 15.6. The molecule has 140 valence electrons. The molecule has 0 radical (unpaired) electrons. The first-order valence-electron chi connectivity index (χ1n) is 9.09. The highest BCUT2D eigenvalue weighted by Crippen LogP contribution is 2.22. The van der Waals surface area contributed by atoms with Gasteiger partial charge in [-0.05, 0) is 50.1 Å². The summed E-state index contributed by atoms with van der Waals surface area (Å²) in [6, 6.07) is 5.38. The van der Waals surface area contributed by atoms with Gasteiger partial charge in [-0.25, -0.2) is 0 Å². The first-order chi connectivity index (χ1) is 12.5. The van der Waals surface area contributed by atoms with Crippen molar-refractivity contribution in [1.29, 1.82) is 0 Å². The van der Waals surface area contributed by atoms with Crippen LogP contribution in [0.2, 0.25) is 0 Å². The maximum Gasteiger partial charge on any atom is 0.264 e. The number of aromatic nitrogens is 2. The van der Waals surface area contributed by atoms with Gasteiger partial charge >= 0.3 is 0 Å². The van der Waals surface area contributed by atoms with Crippen LogP contribution in [-0.4, -0.2) is 45.6 Å². The zero-order valence-corrected chi connectivity index (χ0v) is 16.4. The van der Waals surface area contributed by atoms with Crippen molar-refractivity contribution < 1.29 is 9.59 Å². The first-order valence-corrected chi connectivity index (χ1v) is 9.97. The minimum Gasteiger partial charge on any atom is -0.354 e. The summed E-state index contributed by atoms with van der Waals surface area (Å²) in [5, 5.41) is 9.39. The molecule has 0 aromatic carbocycles. The summed E-state index contributed by atoms with van der Waals surface area (Å²) in [6.07, 6.45) is 1.60. The summed E-state index contributed by atoms with van der Waals surface area (Å²) in [7, 11) is 0. The summed E-state index contributed by atoms with van der Waals surface area (Å²) < 4.78 is 1.98. The Morgan fingerprint density at radius 3 is 2.88 bits per heavy atom. The van der Waals surface area contributed by atoms with E-state index in [1.54, 1.807) is 4.90 Å². The molecule has 2 aromatic rings. The predicted molar refractivity (Wildman–Crippen MR) is 102 cm³/mol. The number of nitrogens with zero attached hydrogens (tertiary/aromatic N) is 3. The Hall–Kier alpha value is -2.15. The van der Waals surface area contributed by atoms with E-state index in [1.165, 1.54) is 11.3 Å². The van der Waals surface area contributed by atoms with Gasteiger partial charge in [-0.3, -0.25) is 14.3 Å². The van der Waals surface area contributed by atoms with Crippen molar-refractivity contribution in [2.45, 2.75) is 46.2 Å². The second-order valence-corrected chi connectivity index (χ2v) is 8.04. The smallest absolute Gasteiger partial charge is 0.264 e. The molecule has 0 bridgehead atoms. The second-order valence-electron chi connectivity index (χ2n) is 7.09. The van der Waals surface area contributed by atoms with Crippen LogP contribution in [0.4, 0.5) is 0 Å². The molecule has 6 nitrogen and oxygen atoms in total. The summed E-state index contributed by atoms with van der Waals surface area (Å²) in [6.45, 7) is 8.11. The number of nitrogens with one attached hydrogen (secondary N) is 1. The van der Waals surface area contributed by atoms with E-state index in [-0.39, 0.29) is 23.8 Å². The van der Waals surface area contributed by atoms with Gasteiger partial charge in [-0.1, -0.05) is 13.0 Å². The maximum atomic E-state index is 12.6. The average Bonchev–Trinajstić information content (AvgIpc) is 3.33. The van der Waals surface area contributed by atoms with E-state index in [4.69, 9.17) is 0 Å². The lowest BCUT2D eigenvalue weighted by Crippen LogP contribution is -2.46. The van der Waals surface area contributed by atoms with Crippen LogP contribution in [0.15, 0.2) is 23.6 Å². The van der Waals surface area contributed by atoms with Gasteiger partial charge in [0.05, 0.1) is 10.6 Å². The number of carbonyl (C=O) groups is 2. The third-order valence-corrected chi connectivity index (χ3v) is 5.62. The lowest BCUT2D eigenvalue weighted by molar-refractivity contribution is -0.125. The molecule has 26 heavy (non-hydrogen) atoms. The lowest BCUT2D eigenvalue weighted by atomic mass is 10.1. The number of hydrogen-bond donors (Lipinski definition) is 1. The normalized spacial score (nSPS) is 18.1. The molecule has 1 aliphatic heterocycles. The zero-order chi connectivity index (χ0) is 18.7. The number of aryl methyl sites for hydroxylation is 2. The van der Waals surface area contributed by atoms with Gasteiger partial charge in [0.15, 0.2) is 0 Å². The molecule has 0 unspecified atom stereocenters. The SMILES string of the molecule is Cc1cc(C)n(C[C@H](C)CNC(=O)[C@@H]2CCCN2C(=O)c2cccs2)n1. The van der Waals surface area contributed by atoms with E-state index >= 15 is 0 Å². The van der Waals surface area contributed by atoms with Crippen molar-refractivity contribution in [3.05, 3.63) is 39.8 Å². The molecule has 2 amide bonds. The topological polar surface area (TPSA) is 67.2 Å². The van der Waals surface area contributed by atoms with Gasteiger partial charge in [-0.15, -0.1) is 11.3 Å². The lowest BCUT2D eigenvalue weighted by Gasteiger charge is -2.24. The third kappa shape index (κ3) is 4.15. The number of rotatable bonds is 6. The van der Waals surface area contributed by atoms with Crippen molar-refractivity contribution in [1.82, 2.24) is 20.0 Å². The highest BCUT2D eigenvalue weighted by Gasteiger charge is 2.34. The quantitative estimate of drug-likeness (QED) is 0.845. The van der Waals surface area contributed by atoms with E-state index in [2.05, 4.69) is 23.4 Å². The predicted octanol–water partition coefficient (Wildman–Crippen LogP) is 2.62. The first kappa shape index (κ1) is 18.6. The molecule has 2 atom stereocenters. The van der Waals surface area contributed by atoms with Crippen LogP contribution in [0.5, 0.6) is 0 Å². The van der Waals surface area contributed by atoms with E-state index in [1.807, 2.05) is 36.0 Å². The number of carbonyl (C=O) groups excluding carboxylic acids is 2. The Balaban J connectivity index is 1.53. The standard InChI is InChI=1S/C19H26N4O2S/c1-13(12-23-15(3)10-14(2)21-23)11-20-18(24)16-6-4-8-22(16)19(25)17-7-5-9-26-17/h5,7,9-10,13,16H,4,6,8,11-12H2,1-3H3,(H,20,24)/t13-,16+/m1/s1. The largest absolute Gasteiger partial charge is 0.354 e. The fourth-order valence-corrected chi connectivity index (χ4v) is 4.12. The molecule has 1 aliphatic rings. The van der Waals surface area contributed by atoms with Crippen molar-refractivity contribution in [2.24, 2.45) is 5.92 Å². The molecular formula is C19H26N4O2S. The van der Waals surface area contributed by atoms with E-state index in [0.717, 1.165) is 30.8 Å². The van der Waals surface area contributed by atoms with Gasteiger partial charge in [-0.2, -0.15) is 5.10 Å². The molecule has 2 aromatic heterocycles. The van der Waals surface area contributed by atoms with Crippen molar-refractivity contribution in [3.63, 3.8) is 0 Å². The van der Waals surface area contributed by atoms with Gasteiger partial charge in [0.25, 0.3) is 5.91 Å². The fourth-order valence-electron chi connectivity index (χ4n) is 3.44. The van der Waals surface area contributed by atoms with Crippen LogP contribution in [0.3, 0.4) is 0 Å². The van der Waals surface area contributed by atoms with Crippen LogP contribution in [0.25, 0.3) is 0 Å². The molecule has 7 heteroatoms. The highest BCUT2D eigenvalue weighted by atomic mass is 32.1. The minimum atomic E-state index is -0.356. The molecule has 0 saturated carbocycles. The number of hydrogen-bond acceptors (Lipinski definition) is 4. The van der Waals surface area contributed by atoms with Crippen LogP contribution < -0.4 is 5.32 Å². The molecule has 3 rings (SSSR count). The molecular weight excluding hydrogens is 348 g/mol. The van der Waals surface area contributed by atoms with Crippen LogP contribution in [-0.2, 0) is 11.3 Å². The Morgan fingerprint density at radius 2 is 2.23 bits per heavy atom. The Labute approximate surface area is 158 Å². The fraction of sp³-hybridized carbons (Fsp3) is 0.526. The Kier molecular flexibility index (Phi) is 5.76. The van der Waals surface area contributed by atoms with Gasteiger partial charge < -0.3 is 10.2 Å². The van der Waals surface area contributed by atoms with Gasteiger partial charge in [0.1, 0.15) is 6.04 Å². The minimum absolute atomic E-state index is 0.0339. The molecule has 1 N–H and O–H groups in total. The second kappa shape index (κ2) is 8.03. The summed E-state index contributed by atoms with van der Waals surface area (Å²) in [5.41, 5.74) is 2.14. The van der Waals surface area contributed by atoms with Crippen LogP contribution in [0.1, 0.15) is 40.8 Å². The number of amides is 2. The summed E-state index contributed by atoms with van der Waals surface area (Å²) in [5.74, 6) is 0.181. The van der Waals surface area contributed by atoms with E-state index in [0.29, 0.717) is 18.0 Å².